The molecule has 4 aromatic rings. The SMILES string of the molecule is C=C(C)c1c(C2CCC(CO)(C(C)=O)CC2)nc2c(-c3cnn(-c4ccccc4)c3)cnn2c1N(COCC[Si](C)(C)C)COCC[Si](C)(C)C. The Morgan fingerprint density at radius 1 is 0.961 bits per heavy atom. The van der Waals surface area contributed by atoms with Gasteiger partial charge in [-0.2, -0.15) is 14.7 Å². The van der Waals surface area contributed by atoms with Crippen molar-refractivity contribution in [2.75, 3.05) is 38.2 Å². The van der Waals surface area contributed by atoms with Gasteiger partial charge in [0, 0.05) is 58.2 Å². The van der Waals surface area contributed by atoms with Gasteiger partial charge in [0.05, 0.1) is 35.8 Å². The highest BCUT2D eigenvalue weighted by Crippen LogP contribution is 2.46. The lowest BCUT2D eigenvalue weighted by molar-refractivity contribution is -0.131. The van der Waals surface area contributed by atoms with E-state index in [2.05, 4.69) is 55.9 Å². The summed E-state index contributed by atoms with van der Waals surface area (Å²) in [6.07, 6.45) is 8.43. The summed E-state index contributed by atoms with van der Waals surface area (Å²) in [6, 6.07) is 12.2. The Morgan fingerprint density at radius 2 is 1.57 bits per heavy atom. The summed E-state index contributed by atoms with van der Waals surface area (Å²) in [6.45, 7) is 24.1. The number of carbonyl (C=O) groups is 1. The number of anilines is 1. The van der Waals surface area contributed by atoms with E-state index in [1.165, 1.54) is 0 Å². The maximum atomic E-state index is 12.7. The van der Waals surface area contributed by atoms with Gasteiger partial charge >= 0.3 is 0 Å². The Labute approximate surface area is 305 Å². The van der Waals surface area contributed by atoms with Crippen molar-refractivity contribution in [2.45, 2.75) is 96.8 Å². The number of hydrogen-bond donors (Lipinski definition) is 1. The summed E-state index contributed by atoms with van der Waals surface area (Å²) in [4.78, 5) is 20.3. The monoisotopic (exact) mass is 730 g/mol. The molecule has 0 bridgehead atoms. The molecule has 0 aliphatic heterocycles. The van der Waals surface area contributed by atoms with Crippen molar-refractivity contribution in [1.82, 2.24) is 24.4 Å². The van der Waals surface area contributed by atoms with E-state index in [-0.39, 0.29) is 18.3 Å². The van der Waals surface area contributed by atoms with Crippen molar-refractivity contribution < 1.29 is 19.4 Å². The molecule has 0 unspecified atom stereocenters. The average molecular weight is 731 g/mol. The number of fused-ring (bicyclic) bond motifs is 1. The normalized spacial score (nSPS) is 18.3. The first-order valence-corrected chi connectivity index (χ1v) is 25.7. The Bertz CT molecular complexity index is 1780. The van der Waals surface area contributed by atoms with Gasteiger partial charge in [0.2, 0.25) is 0 Å². The molecular weight excluding hydrogens is 673 g/mol. The van der Waals surface area contributed by atoms with Gasteiger partial charge in [-0.3, -0.25) is 4.79 Å². The number of benzene rings is 1. The van der Waals surface area contributed by atoms with Crippen molar-refractivity contribution in [3.05, 3.63) is 66.8 Å². The Balaban J connectivity index is 1.64. The summed E-state index contributed by atoms with van der Waals surface area (Å²) in [5.74, 6) is 0.964. The van der Waals surface area contributed by atoms with Crippen molar-refractivity contribution in [2.24, 2.45) is 5.41 Å². The molecule has 0 atom stereocenters. The summed E-state index contributed by atoms with van der Waals surface area (Å²) in [7, 11) is -2.61. The number of rotatable bonds is 17. The molecule has 5 rings (SSSR count). The molecule has 1 aliphatic carbocycles. The van der Waals surface area contributed by atoms with Crippen LogP contribution in [0.1, 0.15) is 56.7 Å². The second kappa shape index (κ2) is 16.1. The number of para-hydroxylation sites is 1. The summed E-state index contributed by atoms with van der Waals surface area (Å²) < 4.78 is 16.6. The van der Waals surface area contributed by atoms with E-state index >= 15 is 0 Å². The number of ketones is 1. The smallest absolute Gasteiger partial charge is 0.165 e. The predicted octanol–water partition coefficient (Wildman–Crippen LogP) is 8.27. The van der Waals surface area contributed by atoms with E-state index in [1.54, 1.807) is 6.92 Å². The predicted molar refractivity (Wildman–Crippen MR) is 212 cm³/mol. The molecule has 12 heteroatoms. The summed E-state index contributed by atoms with van der Waals surface area (Å²) in [5, 5.41) is 20.0. The van der Waals surface area contributed by atoms with E-state index in [0.717, 1.165) is 70.0 Å². The first-order chi connectivity index (χ1) is 24.1. The zero-order valence-corrected chi connectivity index (χ0v) is 34.0. The van der Waals surface area contributed by atoms with Crippen LogP contribution in [0.3, 0.4) is 0 Å². The zero-order valence-electron chi connectivity index (χ0n) is 32.0. The minimum absolute atomic E-state index is 0.0540. The van der Waals surface area contributed by atoms with Crippen LogP contribution in [0.4, 0.5) is 5.82 Å². The van der Waals surface area contributed by atoms with E-state index in [1.807, 2.05) is 65.0 Å². The lowest BCUT2D eigenvalue weighted by atomic mass is 9.67. The minimum atomic E-state index is -1.31. The van der Waals surface area contributed by atoms with Crippen LogP contribution in [0, 0.1) is 5.41 Å². The van der Waals surface area contributed by atoms with Crippen molar-refractivity contribution >= 4 is 39.0 Å². The molecule has 0 radical (unpaired) electrons. The molecule has 0 amide bonds. The largest absolute Gasteiger partial charge is 0.395 e. The Kier molecular flexibility index (Phi) is 12.2. The number of Topliss-reactive ketones (excluding diaryl/α,β-unsaturated/α-hetero) is 1. The summed E-state index contributed by atoms with van der Waals surface area (Å²) in [5.41, 5.74) is 5.52. The quantitative estimate of drug-likeness (QED) is 0.0658. The molecule has 0 spiro atoms. The van der Waals surface area contributed by atoms with E-state index in [0.29, 0.717) is 39.5 Å². The third-order valence-corrected chi connectivity index (χ3v) is 13.6. The van der Waals surface area contributed by atoms with Gasteiger partial charge in [-0.05, 0) is 69.3 Å². The molecule has 1 N–H and O–H groups in total. The third-order valence-electron chi connectivity index (χ3n) is 10.2. The zero-order chi connectivity index (χ0) is 37.0. The summed E-state index contributed by atoms with van der Waals surface area (Å²) >= 11 is 0. The highest BCUT2D eigenvalue weighted by molar-refractivity contribution is 6.76. The lowest BCUT2D eigenvalue weighted by Gasteiger charge is -2.38. The van der Waals surface area contributed by atoms with Gasteiger partial charge in [-0.25, -0.2) is 9.67 Å². The molecular formula is C39H58N6O4Si2. The fourth-order valence-corrected chi connectivity index (χ4v) is 8.22. The molecule has 1 saturated carbocycles. The van der Waals surface area contributed by atoms with Crippen LogP contribution in [0.2, 0.25) is 51.4 Å². The van der Waals surface area contributed by atoms with Crippen molar-refractivity contribution in [1.29, 1.82) is 0 Å². The van der Waals surface area contributed by atoms with E-state index in [4.69, 9.17) is 19.6 Å². The van der Waals surface area contributed by atoms with Crippen LogP contribution in [-0.4, -0.2) is 84.7 Å². The fraction of sp³-hybridized carbons (Fsp3) is 0.538. The number of hydrogen-bond acceptors (Lipinski definition) is 8. The van der Waals surface area contributed by atoms with Crippen LogP contribution < -0.4 is 4.90 Å². The molecule has 3 aromatic heterocycles. The number of ether oxygens (including phenoxy) is 2. The molecule has 1 aliphatic rings. The van der Waals surface area contributed by atoms with Gasteiger partial charge in [-0.1, -0.05) is 64.1 Å². The van der Waals surface area contributed by atoms with Gasteiger partial charge in [-0.15, -0.1) is 0 Å². The maximum absolute atomic E-state index is 12.7. The number of carbonyl (C=O) groups excluding carboxylic acids is 1. The van der Waals surface area contributed by atoms with Gasteiger partial charge in [0.1, 0.15) is 25.1 Å². The molecule has 3 heterocycles. The molecule has 0 saturated heterocycles. The number of allylic oxidation sites excluding steroid dienone is 1. The number of aliphatic hydroxyl groups is 1. The van der Waals surface area contributed by atoms with Crippen LogP contribution in [-0.2, 0) is 14.3 Å². The molecule has 276 valence electrons. The third kappa shape index (κ3) is 9.33. The molecule has 1 aromatic carbocycles. The van der Waals surface area contributed by atoms with Crippen molar-refractivity contribution in [3.63, 3.8) is 0 Å². The second-order valence-electron chi connectivity index (χ2n) is 16.8. The molecule has 1 fully saturated rings. The standard InChI is InChI=1S/C39H58N6O4Si2/c1-29(2)35-36(31-15-17-39(26-46,18-16-31)30(3)47)42-37-34(32-23-40-44(25-32)33-13-11-10-12-14-33)24-41-45(37)38(35)43(27-48-19-21-50(4,5)6)28-49-20-22-51(7,8)9/h10-14,23-25,31,46H,1,15-22,26-28H2,2-9H3. The minimum Gasteiger partial charge on any atom is -0.395 e. The number of aromatic nitrogens is 5. The van der Waals surface area contributed by atoms with Crippen LogP contribution in [0.15, 0.2) is 55.5 Å². The molecule has 10 nitrogen and oxygen atoms in total. The van der Waals surface area contributed by atoms with Gasteiger partial charge < -0.3 is 19.5 Å². The van der Waals surface area contributed by atoms with E-state index in [9.17, 15) is 9.90 Å². The Morgan fingerprint density at radius 3 is 2.10 bits per heavy atom. The van der Waals surface area contributed by atoms with Gasteiger partial charge in [0.25, 0.3) is 0 Å². The lowest BCUT2D eigenvalue weighted by Crippen LogP contribution is -2.37. The highest BCUT2D eigenvalue weighted by Gasteiger charge is 2.41. The van der Waals surface area contributed by atoms with Gasteiger partial charge in [0.15, 0.2) is 5.65 Å². The fourth-order valence-electron chi connectivity index (χ4n) is 6.71. The molecule has 51 heavy (non-hydrogen) atoms. The van der Waals surface area contributed by atoms with Crippen LogP contribution >= 0.6 is 0 Å². The highest BCUT2D eigenvalue weighted by atomic mass is 28.3. The number of nitrogens with zero attached hydrogens (tertiary/aromatic N) is 6. The van der Waals surface area contributed by atoms with E-state index < -0.39 is 21.6 Å². The maximum Gasteiger partial charge on any atom is 0.165 e. The van der Waals surface area contributed by atoms with Crippen LogP contribution in [0.5, 0.6) is 0 Å². The first kappa shape index (κ1) is 38.8. The Hall–Kier alpha value is -3.43. The second-order valence-corrected chi connectivity index (χ2v) is 28.0. The first-order valence-electron chi connectivity index (χ1n) is 18.3. The van der Waals surface area contributed by atoms with Crippen LogP contribution in [0.25, 0.3) is 28.0 Å². The average Bonchev–Trinajstić information content (AvgIpc) is 3.74. The van der Waals surface area contributed by atoms with Crippen molar-refractivity contribution in [3.8, 4) is 16.8 Å². The number of aliphatic hydroxyl groups excluding tert-OH is 1. The topological polar surface area (TPSA) is 107 Å².